The average molecular weight is 307 g/mol. The van der Waals surface area contributed by atoms with E-state index in [-0.39, 0.29) is 0 Å². The van der Waals surface area contributed by atoms with Crippen LogP contribution in [0.2, 0.25) is 0 Å². The Labute approximate surface area is 136 Å². The molecule has 0 bridgehead atoms. The van der Waals surface area contributed by atoms with Crippen LogP contribution in [-0.4, -0.2) is 17.5 Å². The molecule has 0 amide bonds. The number of aromatic nitrogens is 1. The molecule has 0 unspecified atom stereocenters. The van der Waals surface area contributed by atoms with Gasteiger partial charge in [0.15, 0.2) is 6.29 Å². The molecule has 1 aromatic heterocycles. The SMILES string of the molecule is Cc1ccc(OCCn2c(C)c(C=O)c3ccccc32)c(C)c1. The fraction of sp³-hybridized carbons (Fsp3) is 0.250. The minimum Gasteiger partial charge on any atom is -0.491 e. The minimum absolute atomic E-state index is 0.571. The lowest BCUT2D eigenvalue weighted by Gasteiger charge is -2.12. The number of para-hydroxylation sites is 1. The number of hydrogen-bond donors (Lipinski definition) is 0. The van der Waals surface area contributed by atoms with Gasteiger partial charge in [0.2, 0.25) is 0 Å². The number of hydrogen-bond acceptors (Lipinski definition) is 2. The maximum absolute atomic E-state index is 11.4. The zero-order valence-electron chi connectivity index (χ0n) is 13.8. The van der Waals surface area contributed by atoms with Gasteiger partial charge in [-0.3, -0.25) is 4.79 Å². The molecule has 0 spiro atoms. The Morgan fingerprint density at radius 2 is 1.87 bits per heavy atom. The van der Waals surface area contributed by atoms with Crippen LogP contribution in [0.3, 0.4) is 0 Å². The fourth-order valence-electron chi connectivity index (χ4n) is 3.10. The van der Waals surface area contributed by atoms with Gasteiger partial charge in [-0.25, -0.2) is 0 Å². The predicted molar refractivity (Wildman–Crippen MR) is 93.5 cm³/mol. The standard InChI is InChI=1S/C20H21NO2/c1-14-8-9-20(15(2)12-14)23-11-10-21-16(3)18(13-22)17-6-4-5-7-19(17)21/h4-9,12-13H,10-11H2,1-3H3. The molecule has 0 N–H and O–H groups in total. The Hall–Kier alpha value is -2.55. The van der Waals surface area contributed by atoms with E-state index in [1.54, 1.807) is 0 Å². The molecule has 2 aromatic carbocycles. The third kappa shape index (κ3) is 2.87. The summed E-state index contributed by atoms with van der Waals surface area (Å²) < 4.78 is 8.09. The first-order chi connectivity index (χ1) is 11.1. The van der Waals surface area contributed by atoms with Crippen molar-refractivity contribution in [1.82, 2.24) is 4.57 Å². The second-order valence-corrected chi connectivity index (χ2v) is 5.90. The molecule has 0 saturated carbocycles. The van der Waals surface area contributed by atoms with E-state index in [0.717, 1.165) is 39.8 Å². The monoisotopic (exact) mass is 307 g/mol. The molecule has 0 aliphatic heterocycles. The van der Waals surface area contributed by atoms with Crippen LogP contribution in [0.5, 0.6) is 5.75 Å². The zero-order chi connectivity index (χ0) is 16.4. The second kappa shape index (κ2) is 6.29. The van der Waals surface area contributed by atoms with E-state index in [1.807, 2.05) is 37.3 Å². The van der Waals surface area contributed by atoms with Crippen LogP contribution in [0.15, 0.2) is 42.5 Å². The van der Waals surface area contributed by atoms with Crippen LogP contribution < -0.4 is 4.74 Å². The van der Waals surface area contributed by atoms with Crippen molar-refractivity contribution in [3.8, 4) is 5.75 Å². The lowest BCUT2D eigenvalue weighted by atomic mass is 10.1. The van der Waals surface area contributed by atoms with Gasteiger partial charge in [-0.05, 0) is 38.5 Å². The molecule has 1 heterocycles. The van der Waals surface area contributed by atoms with Gasteiger partial charge in [0.1, 0.15) is 12.4 Å². The number of aryl methyl sites for hydroxylation is 2. The number of carbonyl (C=O) groups is 1. The van der Waals surface area contributed by atoms with E-state index in [2.05, 4.69) is 30.5 Å². The fourth-order valence-corrected chi connectivity index (χ4v) is 3.10. The molecule has 3 aromatic rings. The highest BCUT2D eigenvalue weighted by molar-refractivity contribution is 5.99. The number of aldehydes is 1. The van der Waals surface area contributed by atoms with Crippen molar-refractivity contribution in [2.24, 2.45) is 0 Å². The smallest absolute Gasteiger partial charge is 0.152 e. The molecular weight excluding hydrogens is 286 g/mol. The summed E-state index contributed by atoms with van der Waals surface area (Å²) in [7, 11) is 0. The van der Waals surface area contributed by atoms with E-state index >= 15 is 0 Å². The number of rotatable bonds is 5. The highest BCUT2D eigenvalue weighted by Crippen LogP contribution is 2.25. The minimum atomic E-state index is 0.571. The van der Waals surface area contributed by atoms with Crippen molar-refractivity contribution in [2.45, 2.75) is 27.3 Å². The molecule has 23 heavy (non-hydrogen) atoms. The first kappa shape index (κ1) is 15.3. The molecule has 3 heteroatoms. The number of ether oxygens (including phenoxy) is 1. The lowest BCUT2D eigenvalue weighted by molar-refractivity contribution is 0.112. The molecular formula is C20H21NO2. The van der Waals surface area contributed by atoms with Gasteiger partial charge >= 0.3 is 0 Å². The quantitative estimate of drug-likeness (QED) is 0.652. The van der Waals surface area contributed by atoms with Crippen molar-refractivity contribution in [2.75, 3.05) is 6.61 Å². The molecule has 0 aliphatic rings. The predicted octanol–water partition coefficient (Wildman–Crippen LogP) is 4.46. The van der Waals surface area contributed by atoms with Gasteiger partial charge in [0.05, 0.1) is 6.54 Å². The summed E-state index contributed by atoms with van der Waals surface area (Å²) in [5.74, 6) is 0.917. The molecule has 118 valence electrons. The van der Waals surface area contributed by atoms with Gasteiger partial charge in [0, 0.05) is 22.2 Å². The van der Waals surface area contributed by atoms with Crippen LogP contribution in [0.1, 0.15) is 27.2 Å². The summed E-state index contributed by atoms with van der Waals surface area (Å²) in [5, 5.41) is 1.01. The van der Waals surface area contributed by atoms with Crippen LogP contribution >= 0.6 is 0 Å². The molecule has 3 rings (SSSR count). The molecule has 0 aliphatic carbocycles. The number of benzene rings is 2. The van der Waals surface area contributed by atoms with Crippen LogP contribution in [0, 0.1) is 20.8 Å². The Kier molecular flexibility index (Phi) is 4.20. The Balaban J connectivity index is 1.82. The molecule has 0 atom stereocenters. The van der Waals surface area contributed by atoms with Crippen molar-refractivity contribution in [3.05, 3.63) is 64.8 Å². The number of carbonyl (C=O) groups excluding carboxylic acids is 1. The molecule has 3 nitrogen and oxygen atoms in total. The zero-order valence-corrected chi connectivity index (χ0v) is 13.8. The van der Waals surface area contributed by atoms with E-state index in [9.17, 15) is 4.79 Å². The summed E-state index contributed by atoms with van der Waals surface area (Å²) >= 11 is 0. The topological polar surface area (TPSA) is 31.2 Å². The van der Waals surface area contributed by atoms with Gasteiger partial charge < -0.3 is 9.30 Å². The largest absolute Gasteiger partial charge is 0.491 e. The van der Waals surface area contributed by atoms with Crippen molar-refractivity contribution in [3.63, 3.8) is 0 Å². The van der Waals surface area contributed by atoms with Crippen molar-refractivity contribution in [1.29, 1.82) is 0 Å². The number of fused-ring (bicyclic) bond motifs is 1. The van der Waals surface area contributed by atoms with Gasteiger partial charge in [-0.15, -0.1) is 0 Å². The van der Waals surface area contributed by atoms with E-state index < -0.39 is 0 Å². The molecule has 0 fully saturated rings. The Morgan fingerprint density at radius 3 is 2.61 bits per heavy atom. The second-order valence-electron chi connectivity index (χ2n) is 5.90. The number of nitrogens with zero attached hydrogens (tertiary/aromatic N) is 1. The normalized spacial score (nSPS) is 10.9. The van der Waals surface area contributed by atoms with Crippen LogP contribution in [-0.2, 0) is 6.54 Å². The van der Waals surface area contributed by atoms with Crippen molar-refractivity contribution >= 4 is 17.2 Å². The average Bonchev–Trinajstić information content (AvgIpc) is 2.81. The maximum Gasteiger partial charge on any atom is 0.152 e. The van der Waals surface area contributed by atoms with E-state index in [4.69, 9.17) is 4.74 Å². The maximum atomic E-state index is 11.4. The summed E-state index contributed by atoms with van der Waals surface area (Å²) in [6.07, 6.45) is 0.944. The summed E-state index contributed by atoms with van der Waals surface area (Å²) in [6, 6.07) is 14.2. The Morgan fingerprint density at radius 1 is 1.09 bits per heavy atom. The highest BCUT2D eigenvalue weighted by atomic mass is 16.5. The summed E-state index contributed by atoms with van der Waals surface area (Å²) in [4.78, 5) is 11.4. The molecule has 0 saturated heterocycles. The summed E-state index contributed by atoms with van der Waals surface area (Å²) in [5.41, 5.74) is 5.22. The highest BCUT2D eigenvalue weighted by Gasteiger charge is 2.12. The van der Waals surface area contributed by atoms with Gasteiger partial charge in [0.25, 0.3) is 0 Å². The van der Waals surface area contributed by atoms with Crippen LogP contribution in [0.4, 0.5) is 0 Å². The first-order valence-electron chi connectivity index (χ1n) is 7.85. The summed E-state index contributed by atoms with van der Waals surface area (Å²) in [6.45, 7) is 7.41. The Bertz CT molecular complexity index is 861. The van der Waals surface area contributed by atoms with Gasteiger partial charge in [-0.2, -0.15) is 0 Å². The van der Waals surface area contributed by atoms with Gasteiger partial charge in [-0.1, -0.05) is 35.9 Å². The van der Waals surface area contributed by atoms with Crippen molar-refractivity contribution < 1.29 is 9.53 Å². The first-order valence-corrected chi connectivity index (χ1v) is 7.85. The van der Waals surface area contributed by atoms with Crippen LogP contribution in [0.25, 0.3) is 10.9 Å². The third-order valence-corrected chi connectivity index (χ3v) is 4.30. The van der Waals surface area contributed by atoms with E-state index in [0.29, 0.717) is 13.2 Å². The lowest BCUT2D eigenvalue weighted by Crippen LogP contribution is -2.10. The third-order valence-electron chi connectivity index (χ3n) is 4.30. The van der Waals surface area contributed by atoms with E-state index in [1.165, 1.54) is 5.56 Å². The molecule has 0 radical (unpaired) electrons.